The van der Waals surface area contributed by atoms with Crippen molar-refractivity contribution in [3.63, 3.8) is 0 Å². The number of carbonyl (C=O) groups is 2. The van der Waals surface area contributed by atoms with E-state index < -0.39 is 41.7 Å². The van der Waals surface area contributed by atoms with Crippen LogP contribution >= 0.6 is 11.5 Å². The molecule has 0 aromatic carbocycles. The van der Waals surface area contributed by atoms with Gasteiger partial charge < -0.3 is 19.7 Å². The van der Waals surface area contributed by atoms with Crippen LogP contribution in [0, 0.1) is 6.92 Å². The number of nitrogens with zero attached hydrogens (tertiary/aromatic N) is 5. The summed E-state index contributed by atoms with van der Waals surface area (Å²) in [6.45, 7) is 6.62. The zero-order valence-corrected chi connectivity index (χ0v) is 22.8. The molecule has 15 heteroatoms. The Morgan fingerprint density at radius 2 is 1.85 bits per heavy atom. The van der Waals surface area contributed by atoms with E-state index in [0.717, 1.165) is 17.7 Å². The van der Waals surface area contributed by atoms with E-state index in [1.54, 1.807) is 27.7 Å². The van der Waals surface area contributed by atoms with Crippen LogP contribution in [0.4, 0.5) is 28.0 Å². The van der Waals surface area contributed by atoms with Crippen molar-refractivity contribution in [2.45, 2.75) is 58.2 Å². The number of hydrogen-bond donors (Lipinski definition) is 1. The number of hydrogen-bond acceptors (Lipinski definition) is 9. The van der Waals surface area contributed by atoms with Crippen molar-refractivity contribution in [2.75, 3.05) is 18.4 Å². The van der Waals surface area contributed by atoms with Crippen molar-refractivity contribution in [1.82, 2.24) is 24.2 Å². The maximum Gasteiger partial charge on any atom is 0.434 e. The van der Waals surface area contributed by atoms with E-state index in [-0.39, 0.29) is 36.6 Å². The standard InChI is InChI=1S/C25H26F4N6O4S/c1-13-21(18(40-34-13)7-15-9-31-19(10-30-15)25(27,28)29)22(36)33-14-5-6-20(32-8-14)38-17-12-35(11-16(17)26)23(37)39-24(2,3)4/h5-6,8-10,16-17H,7,11-12H2,1-4H3,(H,33,36)/t16-,17+/m0/s1. The molecule has 0 radical (unpaired) electrons. The Hall–Kier alpha value is -3.88. The largest absolute Gasteiger partial charge is 0.469 e. The van der Waals surface area contributed by atoms with E-state index in [1.807, 2.05) is 0 Å². The Balaban J connectivity index is 1.37. The second-order valence-corrected chi connectivity index (χ2v) is 10.9. The third-order valence-corrected chi connectivity index (χ3v) is 6.55. The molecular weight excluding hydrogens is 556 g/mol. The first kappa shape index (κ1) is 29.1. The molecule has 4 heterocycles. The Bertz CT molecular complexity index is 1360. The van der Waals surface area contributed by atoms with Gasteiger partial charge in [0.1, 0.15) is 5.60 Å². The summed E-state index contributed by atoms with van der Waals surface area (Å²) in [7, 11) is 0. The molecule has 2 atom stereocenters. The second kappa shape index (κ2) is 11.3. The predicted octanol–water partition coefficient (Wildman–Crippen LogP) is 4.83. The lowest BCUT2D eigenvalue weighted by molar-refractivity contribution is -0.141. The average molecular weight is 583 g/mol. The van der Waals surface area contributed by atoms with Gasteiger partial charge in [-0.25, -0.2) is 19.2 Å². The quantitative estimate of drug-likeness (QED) is 0.411. The van der Waals surface area contributed by atoms with Crippen LogP contribution in [0.3, 0.4) is 0 Å². The number of nitrogens with one attached hydrogen (secondary N) is 1. The zero-order chi connectivity index (χ0) is 29.2. The second-order valence-electron chi connectivity index (χ2n) is 10.0. The van der Waals surface area contributed by atoms with E-state index in [2.05, 4.69) is 24.6 Å². The van der Waals surface area contributed by atoms with Gasteiger partial charge >= 0.3 is 12.3 Å². The van der Waals surface area contributed by atoms with Gasteiger partial charge in [-0.1, -0.05) is 0 Å². The summed E-state index contributed by atoms with van der Waals surface area (Å²) >= 11 is 1.04. The molecule has 0 aliphatic carbocycles. The summed E-state index contributed by atoms with van der Waals surface area (Å²) in [6, 6.07) is 2.97. The topological polar surface area (TPSA) is 119 Å². The van der Waals surface area contributed by atoms with E-state index >= 15 is 0 Å². The normalized spacial score (nSPS) is 17.6. The maximum atomic E-state index is 14.5. The Morgan fingerprint density at radius 3 is 2.45 bits per heavy atom. The number of likely N-dealkylation sites (tertiary alicyclic amines) is 1. The Kier molecular flexibility index (Phi) is 8.23. The number of aryl methyl sites for hydroxylation is 1. The van der Waals surface area contributed by atoms with E-state index in [9.17, 15) is 27.2 Å². The minimum Gasteiger partial charge on any atom is -0.469 e. The van der Waals surface area contributed by atoms with Gasteiger partial charge in [-0.3, -0.25) is 9.78 Å². The smallest absolute Gasteiger partial charge is 0.434 e. The molecular formula is C25H26F4N6O4S. The highest BCUT2D eigenvalue weighted by molar-refractivity contribution is 7.06. The lowest BCUT2D eigenvalue weighted by Crippen LogP contribution is -2.36. The molecule has 0 saturated carbocycles. The Morgan fingerprint density at radius 1 is 1.10 bits per heavy atom. The summed E-state index contributed by atoms with van der Waals surface area (Å²) in [4.78, 5) is 38.3. The van der Waals surface area contributed by atoms with Gasteiger partial charge in [0.25, 0.3) is 5.91 Å². The molecule has 0 unspecified atom stereocenters. The number of halogens is 4. The summed E-state index contributed by atoms with van der Waals surface area (Å²) in [5.41, 5.74) is -0.544. The molecule has 3 aromatic rings. The first-order chi connectivity index (χ1) is 18.7. The van der Waals surface area contributed by atoms with Crippen molar-refractivity contribution in [1.29, 1.82) is 0 Å². The minimum absolute atomic E-state index is 0.00718. The predicted molar refractivity (Wildman–Crippen MR) is 136 cm³/mol. The van der Waals surface area contributed by atoms with Gasteiger partial charge in [0.05, 0.1) is 48.1 Å². The molecule has 2 amide bonds. The fourth-order valence-electron chi connectivity index (χ4n) is 3.78. The molecule has 214 valence electrons. The van der Waals surface area contributed by atoms with Gasteiger partial charge in [0.2, 0.25) is 5.88 Å². The van der Waals surface area contributed by atoms with Crippen molar-refractivity contribution in [3.8, 4) is 5.88 Å². The minimum atomic E-state index is -4.60. The summed E-state index contributed by atoms with van der Waals surface area (Å²) in [5, 5.41) is 2.70. The lowest BCUT2D eigenvalue weighted by Gasteiger charge is -2.24. The van der Waals surface area contributed by atoms with Crippen LogP contribution in [0.2, 0.25) is 0 Å². The number of rotatable bonds is 6. The number of amides is 2. The summed E-state index contributed by atoms with van der Waals surface area (Å²) in [5.74, 6) is -0.393. The third kappa shape index (κ3) is 7.20. The van der Waals surface area contributed by atoms with Crippen LogP contribution < -0.4 is 10.1 Å². The van der Waals surface area contributed by atoms with Crippen LogP contribution in [0.5, 0.6) is 5.88 Å². The zero-order valence-electron chi connectivity index (χ0n) is 22.0. The fourth-order valence-corrected chi connectivity index (χ4v) is 4.66. The van der Waals surface area contributed by atoms with Crippen molar-refractivity contribution < 1.29 is 36.6 Å². The van der Waals surface area contributed by atoms with Crippen molar-refractivity contribution >= 4 is 29.2 Å². The molecule has 40 heavy (non-hydrogen) atoms. The summed E-state index contributed by atoms with van der Waals surface area (Å²) < 4.78 is 67.9. The molecule has 1 fully saturated rings. The Labute approximate surface area is 230 Å². The highest BCUT2D eigenvalue weighted by Crippen LogP contribution is 2.28. The van der Waals surface area contributed by atoms with Gasteiger partial charge in [0.15, 0.2) is 18.0 Å². The number of anilines is 1. The highest BCUT2D eigenvalue weighted by Gasteiger charge is 2.39. The van der Waals surface area contributed by atoms with E-state index in [0.29, 0.717) is 22.5 Å². The summed E-state index contributed by atoms with van der Waals surface area (Å²) in [6.07, 6.45) is -4.54. The molecule has 10 nitrogen and oxygen atoms in total. The molecule has 1 aliphatic rings. The number of ether oxygens (including phenoxy) is 2. The van der Waals surface area contributed by atoms with E-state index in [1.165, 1.54) is 23.2 Å². The van der Waals surface area contributed by atoms with E-state index in [4.69, 9.17) is 9.47 Å². The first-order valence-electron chi connectivity index (χ1n) is 12.1. The SMILES string of the molecule is Cc1nsc(Cc2cnc(C(F)(F)F)cn2)c1C(=O)Nc1ccc(O[C@@H]2CN(C(=O)OC(C)(C)C)C[C@@H]2F)nc1. The first-order valence-corrected chi connectivity index (χ1v) is 12.9. The molecule has 1 saturated heterocycles. The number of carbonyl (C=O) groups excluding carboxylic acids is 2. The van der Waals surface area contributed by atoms with Crippen LogP contribution in [0.25, 0.3) is 0 Å². The number of pyridine rings is 1. The fraction of sp³-hybridized carbons (Fsp3) is 0.440. The van der Waals surface area contributed by atoms with Crippen molar-refractivity contribution in [3.05, 3.63) is 58.2 Å². The monoisotopic (exact) mass is 582 g/mol. The van der Waals surface area contributed by atoms with Crippen LogP contribution in [-0.2, 0) is 17.3 Å². The van der Waals surface area contributed by atoms with Crippen LogP contribution in [0.15, 0.2) is 30.7 Å². The number of aromatic nitrogens is 4. The van der Waals surface area contributed by atoms with Crippen LogP contribution in [0.1, 0.15) is 53.1 Å². The third-order valence-electron chi connectivity index (χ3n) is 5.61. The molecule has 3 aromatic heterocycles. The highest BCUT2D eigenvalue weighted by atomic mass is 32.1. The van der Waals surface area contributed by atoms with Crippen LogP contribution in [-0.4, -0.2) is 67.2 Å². The van der Waals surface area contributed by atoms with Gasteiger partial charge in [0, 0.05) is 23.6 Å². The molecule has 4 rings (SSSR count). The van der Waals surface area contributed by atoms with Gasteiger partial charge in [-0.05, 0) is 45.3 Å². The maximum absolute atomic E-state index is 14.5. The average Bonchev–Trinajstić information content (AvgIpc) is 3.41. The molecule has 0 bridgehead atoms. The molecule has 0 spiro atoms. The number of alkyl halides is 4. The molecule has 1 N–H and O–H groups in total. The van der Waals surface area contributed by atoms with Gasteiger partial charge in [-0.2, -0.15) is 17.5 Å². The lowest BCUT2D eigenvalue weighted by atomic mass is 10.1. The molecule has 1 aliphatic heterocycles. The van der Waals surface area contributed by atoms with Gasteiger partial charge in [-0.15, -0.1) is 0 Å². The van der Waals surface area contributed by atoms with Crippen molar-refractivity contribution in [2.24, 2.45) is 0 Å².